The average molecular weight is 411 g/mol. The van der Waals surface area contributed by atoms with Crippen molar-refractivity contribution in [3.8, 4) is 0 Å². The van der Waals surface area contributed by atoms with Crippen LogP contribution in [0.1, 0.15) is 74.7 Å². The molecule has 0 unspecified atom stereocenters. The van der Waals surface area contributed by atoms with Gasteiger partial charge in [-0.15, -0.1) is 0 Å². The van der Waals surface area contributed by atoms with Crippen LogP contribution in [-0.4, -0.2) is 46.0 Å². The Morgan fingerprint density at radius 2 is 1.45 bits per heavy atom. The largest absolute Gasteiger partial charge is 0.511 e. The van der Waals surface area contributed by atoms with Gasteiger partial charge in [-0.2, -0.15) is 0 Å². The molecule has 8 heteroatoms. The molecule has 1 fully saturated rings. The van der Waals surface area contributed by atoms with Gasteiger partial charge < -0.3 is 19.9 Å². The number of amides is 1. The van der Waals surface area contributed by atoms with Gasteiger partial charge in [-0.3, -0.25) is 9.59 Å². The number of hydrogen-bond donors (Lipinski definition) is 2. The van der Waals surface area contributed by atoms with Crippen molar-refractivity contribution in [1.82, 2.24) is 5.32 Å². The number of ketones is 2. The van der Waals surface area contributed by atoms with Crippen LogP contribution >= 0.6 is 0 Å². The number of alkyl carbamates (subject to hydrolysis) is 1. The molecule has 2 N–H and O–H groups in total. The second-order valence-electron chi connectivity index (χ2n) is 10.1. The van der Waals surface area contributed by atoms with E-state index in [0.29, 0.717) is 0 Å². The van der Waals surface area contributed by atoms with Gasteiger partial charge in [0.1, 0.15) is 23.0 Å². The lowest BCUT2D eigenvalue weighted by Gasteiger charge is -2.29. The first-order chi connectivity index (χ1) is 12.9. The number of rotatable bonds is 4. The molecule has 0 aromatic carbocycles. The minimum Gasteiger partial charge on any atom is -0.511 e. The number of ether oxygens (including phenoxy) is 2. The van der Waals surface area contributed by atoms with E-state index in [0.717, 1.165) is 0 Å². The molecular formula is C21H33NO7. The molecule has 1 atom stereocenters. The van der Waals surface area contributed by atoms with E-state index in [1.165, 1.54) is 0 Å². The van der Waals surface area contributed by atoms with Gasteiger partial charge in [0, 0.05) is 19.3 Å². The summed E-state index contributed by atoms with van der Waals surface area (Å²) >= 11 is 0. The number of Topliss-reactive ketones (excluding diaryl/α,β-unsaturated/α-hetero) is 2. The first-order valence-electron chi connectivity index (χ1n) is 9.61. The number of esters is 1. The molecule has 0 aliphatic heterocycles. The number of allylic oxidation sites excluding steroid dienone is 1. The molecule has 0 heterocycles. The SMILES string of the molecule is CC1(C)CC(=O)C(=C(O)C[C@H](NC(=O)OC(C)(C)C)C(=O)OC(C)(C)C)C(=O)C1. The summed E-state index contributed by atoms with van der Waals surface area (Å²) in [5.74, 6) is -2.32. The molecule has 0 saturated heterocycles. The van der Waals surface area contributed by atoms with E-state index in [2.05, 4.69) is 5.32 Å². The highest BCUT2D eigenvalue weighted by Gasteiger charge is 2.39. The Morgan fingerprint density at radius 1 is 1.00 bits per heavy atom. The summed E-state index contributed by atoms with van der Waals surface area (Å²) in [7, 11) is 0. The van der Waals surface area contributed by atoms with Crippen LogP contribution in [0.15, 0.2) is 11.3 Å². The maximum Gasteiger partial charge on any atom is 0.408 e. The van der Waals surface area contributed by atoms with Gasteiger partial charge in [0.15, 0.2) is 11.6 Å². The van der Waals surface area contributed by atoms with Crippen molar-refractivity contribution in [2.24, 2.45) is 5.41 Å². The number of carbonyl (C=O) groups excluding carboxylic acids is 4. The summed E-state index contributed by atoms with van der Waals surface area (Å²) in [4.78, 5) is 49.5. The first kappa shape index (κ1) is 24.7. The van der Waals surface area contributed by atoms with Crippen LogP contribution in [0.2, 0.25) is 0 Å². The highest BCUT2D eigenvalue weighted by molar-refractivity contribution is 6.22. The van der Waals surface area contributed by atoms with Crippen LogP contribution < -0.4 is 5.32 Å². The molecule has 1 aliphatic carbocycles. The van der Waals surface area contributed by atoms with E-state index < -0.39 is 58.5 Å². The van der Waals surface area contributed by atoms with Gasteiger partial charge in [0.05, 0.1) is 5.57 Å². The zero-order valence-electron chi connectivity index (χ0n) is 18.6. The minimum atomic E-state index is -1.33. The Balaban J connectivity index is 3.12. The van der Waals surface area contributed by atoms with Gasteiger partial charge in [0.2, 0.25) is 0 Å². The van der Waals surface area contributed by atoms with Gasteiger partial charge >= 0.3 is 12.1 Å². The zero-order valence-corrected chi connectivity index (χ0v) is 18.6. The van der Waals surface area contributed by atoms with Gasteiger partial charge in [-0.05, 0) is 47.0 Å². The van der Waals surface area contributed by atoms with Crippen LogP contribution in [0.3, 0.4) is 0 Å². The molecule has 0 bridgehead atoms. The van der Waals surface area contributed by atoms with Crippen molar-refractivity contribution in [2.45, 2.75) is 91.9 Å². The standard InChI is InChI=1S/C21H33NO7/c1-19(2,3)28-17(26)12(22-18(27)29-20(4,5)6)9-13(23)16-14(24)10-21(7,8)11-15(16)25/h12,23H,9-11H2,1-8H3,(H,22,27)/t12-/m0/s1. The lowest BCUT2D eigenvalue weighted by Crippen LogP contribution is -2.46. The Hall–Kier alpha value is -2.38. The maximum atomic E-state index is 12.5. The number of hydrogen-bond acceptors (Lipinski definition) is 7. The second kappa shape index (κ2) is 8.55. The van der Waals surface area contributed by atoms with Crippen LogP contribution in [0.4, 0.5) is 4.79 Å². The molecule has 1 aliphatic rings. The topological polar surface area (TPSA) is 119 Å². The molecule has 0 radical (unpaired) electrons. The van der Waals surface area contributed by atoms with Crippen LogP contribution in [0.5, 0.6) is 0 Å². The van der Waals surface area contributed by atoms with Crippen molar-refractivity contribution in [2.75, 3.05) is 0 Å². The van der Waals surface area contributed by atoms with E-state index in [4.69, 9.17) is 9.47 Å². The monoisotopic (exact) mass is 411 g/mol. The van der Waals surface area contributed by atoms with Gasteiger partial charge in [-0.25, -0.2) is 9.59 Å². The van der Waals surface area contributed by atoms with Crippen molar-refractivity contribution in [3.05, 3.63) is 11.3 Å². The number of aliphatic hydroxyl groups excluding tert-OH is 1. The summed E-state index contributed by atoms with van der Waals surface area (Å²) in [5.41, 5.74) is -2.45. The zero-order chi connectivity index (χ0) is 22.8. The second-order valence-corrected chi connectivity index (χ2v) is 10.1. The molecule has 0 spiro atoms. The normalized spacial score (nSPS) is 18.1. The maximum absolute atomic E-state index is 12.5. The highest BCUT2D eigenvalue weighted by atomic mass is 16.6. The molecule has 1 amide bonds. The van der Waals surface area contributed by atoms with E-state index in [1.54, 1.807) is 55.4 Å². The van der Waals surface area contributed by atoms with Crippen molar-refractivity contribution in [1.29, 1.82) is 0 Å². The molecule has 0 aromatic heterocycles. The summed E-state index contributed by atoms with van der Waals surface area (Å²) in [6.07, 6.45) is -1.13. The predicted molar refractivity (Wildman–Crippen MR) is 106 cm³/mol. The summed E-state index contributed by atoms with van der Waals surface area (Å²) in [5, 5.41) is 12.8. The summed E-state index contributed by atoms with van der Waals surface area (Å²) < 4.78 is 10.4. The Bertz CT molecular complexity index is 698. The third kappa shape index (κ3) is 8.25. The van der Waals surface area contributed by atoms with Crippen LogP contribution in [-0.2, 0) is 23.9 Å². The molecular weight excluding hydrogens is 378 g/mol. The molecule has 0 aromatic rings. The molecule has 164 valence electrons. The average Bonchev–Trinajstić information content (AvgIpc) is 2.39. The quantitative estimate of drug-likeness (QED) is 0.315. The summed E-state index contributed by atoms with van der Waals surface area (Å²) in [6, 6.07) is -1.33. The first-order valence-corrected chi connectivity index (χ1v) is 9.61. The minimum absolute atomic E-state index is 0.106. The molecule has 1 rings (SSSR count). The fourth-order valence-corrected chi connectivity index (χ4v) is 2.90. The number of aliphatic hydroxyl groups is 1. The van der Waals surface area contributed by atoms with Gasteiger partial charge in [0.25, 0.3) is 0 Å². The van der Waals surface area contributed by atoms with E-state index >= 15 is 0 Å². The van der Waals surface area contributed by atoms with Gasteiger partial charge in [-0.1, -0.05) is 13.8 Å². The fourth-order valence-electron chi connectivity index (χ4n) is 2.90. The van der Waals surface area contributed by atoms with E-state index in [-0.39, 0.29) is 18.4 Å². The van der Waals surface area contributed by atoms with Crippen LogP contribution in [0, 0.1) is 5.41 Å². The molecule has 29 heavy (non-hydrogen) atoms. The van der Waals surface area contributed by atoms with E-state index in [9.17, 15) is 24.3 Å². The lowest BCUT2D eigenvalue weighted by atomic mass is 9.73. The molecule has 8 nitrogen and oxygen atoms in total. The highest BCUT2D eigenvalue weighted by Crippen LogP contribution is 2.35. The molecule has 1 saturated carbocycles. The summed E-state index contributed by atoms with van der Waals surface area (Å²) in [6.45, 7) is 13.5. The Kier molecular flexibility index (Phi) is 7.27. The van der Waals surface area contributed by atoms with Crippen molar-refractivity contribution >= 4 is 23.6 Å². The Morgan fingerprint density at radius 3 is 1.86 bits per heavy atom. The number of carbonyl (C=O) groups is 4. The Labute approximate surface area is 172 Å². The van der Waals surface area contributed by atoms with Crippen molar-refractivity contribution in [3.63, 3.8) is 0 Å². The predicted octanol–water partition coefficient (Wildman–Crippen LogP) is 3.38. The van der Waals surface area contributed by atoms with Crippen molar-refractivity contribution < 1.29 is 33.8 Å². The van der Waals surface area contributed by atoms with E-state index in [1.807, 2.05) is 0 Å². The smallest absolute Gasteiger partial charge is 0.408 e. The number of nitrogens with one attached hydrogen (secondary N) is 1. The third-order valence-electron chi connectivity index (χ3n) is 3.90. The fraction of sp³-hybridized carbons (Fsp3) is 0.714. The third-order valence-corrected chi connectivity index (χ3v) is 3.90. The lowest BCUT2D eigenvalue weighted by molar-refractivity contribution is -0.157. The van der Waals surface area contributed by atoms with Crippen LogP contribution in [0.25, 0.3) is 0 Å².